The topological polar surface area (TPSA) is 37.4 Å². The van der Waals surface area contributed by atoms with Crippen LogP contribution < -0.4 is 10.2 Å². The maximum absolute atomic E-state index is 5.27. The second kappa shape index (κ2) is 5.28. The van der Waals surface area contributed by atoms with Crippen molar-refractivity contribution in [2.75, 3.05) is 19.1 Å². The number of hydrazine groups is 1. The van der Waals surface area contributed by atoms with Crippen molar-refractivity contribution in [3.05, 3.63) is 53.9 Å². The van der Waals surface area contributed by atoms with E-state index in [0.717, 1.165) is 30.9 Å². The Bertz CT molecular complexity index is 557. The average molecular weight is 255 g/mol. The van der Waals surface area contributed by atoms with Gasteiger partial charge in [0, 0.05) is 25.5 Å². The summed E-state index contributed by atoms with van der Waals surface area (Å²) in [6, 6.07) is 10.3. The number of nitrogens with one attached hydrogen (secondary N) is 1. The normalized spacial score (nSPS) is 14.8. The third kappa shape index (κ3) is 2.69. The van der Waals surface area contributed by atoms with Crippen LogP contribution in [0.1, 0.15) is 11.1 Å². The molecule has 0 amide bonds. The molecular weight excluding hydrogens is 238 g/mol. The quantitative estimate of drug-likeness (QED) is 0.914. The van der Waals surface area contributed by atoms with Gasteiger partial charge >= 0.3 is 0 Å². The summed E-state index contributed by atoms with van der Waals surface area (Å²) in [4.78, 5) is 4.02. The van der Waals surface area contributed by atoms with Gasteiger partial charge in [-0.15, -0.1) is 0 Å². The number of pyridine rings is 1. The number of ether oxygens (including phenoxy) is 1. The van der Waals surface area contributed by atoms with E-state index in [2.05, 4.69) is 27.6 Å². The molecule has 1 N–H and O–H groups in total. The van der Waals surface area contributed by atoms with E-state index < -0.39 is 0 Å². The molecule has 0 saturated heterocycles. The first-order valence-corrected chi connectivity index (χ1v) is 6.42. The first-order chi connectivity index (χ1) is 9.35. The van der Waals surface area contributed by atoms with Gasteiger partial charge < -0.3 is 10.2 Å². The third-order valence-corrected chi connectivity index (χ3v) is 3.39. The molecule has 4 nitrogen and oxygen atoms in total. The van der Waals surface area contributed by atoms with Crippen molar-refractivity contribution in [3.8, 4) is 5.75 Å². The van der Waals surface area contributed by atoms with Crippen molar-refractivity contribution in [2.45, 2.75) is 13.0 Å². The molecule has 1 aliphatic rings. The SMILES string of the molecule is COc1ccc2c(c1)CCN(Nc1ccncc1)C2. The van der Waals surface area contributed by atoms with E-state index in [9.17, 15) is 0 Å². The summed E-state index contributed by atoms with van der Waals surface area (Å²) in [6.07, 6.45) is 4.63. The molecule has 0 bridgehead atoms. The molecule has 0 radical (unpaired) electrons. The smallest absolute Gasteiger partial charge is 0.119 e. The number of nitrogens with zero attached hydrogens (tertiary/aromatic N) is 2. The maximum atomic E-state index is 5.27. The van der Waals surface area contributed by atoms with Gasteiger partial charge in [-0.2, -0.15) is 0 Å². The highest BCUT2D eigenvalue weighted by Crippen LogP contribution is 2.23. The van der Waals surface area contributed by atoms with Gasteiger partial charge in [0.2, 0.25) is 0 Å². The fourth-order valence-corrected chi connectivity index (χ4v) is 2.36. The van der Waals surface area contributed by atoms with Crippen molar-refractivity contribution >= 4 is 5.69 Å². The molecule has 19 heavy (non-hydrogen) atoms. The lowest BCUT2D eigenvalue weighted by molar-refractivity contribution is 0.307. The van der Waals surface area contributed by atoms with Gasteiger partial charge in [-0.25, -0.2) is 5.01 Å². The molecule has 0 spiro atoms. The molecule has 2 aromatic rings. The highest BCUT2D eigenvalue weighted by Gasteiger charge is 2.16. The van der Waals surface area contributed by atoms with E-state index in [1.54, 1.807) is 19.5 Å². The van der Waals surface area contributed by atoms with Gasteiger partial charge in [0.25, 0.3) is 0 Å². The molecule has 1 aromatic heterocycles. The largest absolute Gasteiger partial charge is 0.497 e. The summed E-state index contributed by atoms with van der Waals surface area (Å²) in [6.45, 7) is 1.89. The number of rotatable bonds is 3. The Kier molecular flexibility index (Phi) is 3.33. The van der Waals surface area contributed by atoms with Crippen molar-refractivity contribution in [1.29, 1.82) is 0 Å². The number of benzene rings is 1. The Morgan fingerprint density at radius 1 is 1.16 bits per heavy atom. The van der Waals surface area contributed by atoms with Crippen LogP contribution in [-0.2, 0) is 13.0 Å². The van der Waals surface area contributed by atoms with Gasteiger partial charge in [0.15, 0.2) is 0 Å². The molecule has 0 atom stereocenters. The van der Waals surface area contributed by atoms with E-state index in [1.165, 1.54) is 11.1 Å². The van der Waals surface area contributed by atoms with Gasteiger partial charge in [-0.05, 0) is 41.8 Å². The zero-order valence-corrected chi connectivity index (χ0v) is 11.0. The molecule has 0 fully saturated rings. The van der Waals surface area contributed by atoms with Crippen molar-refractivity contribution in [2.24, 2.45) is 0 Å². The molecule has 0 aliphatic carbocycles. The fraction of sp³-hybridized carbons (Fsp3) is 0.267. The molecule has 1 aliphatic heterocycles. The van der Waals surface area contributed by atoms with Crippen LogP contribution in [0.3, 0.4) is 0 Å². The minimum absolute atomic E-state index is 0.904. The van der Waals surface area contributed by atoms with Crippen molar-refractivity contribution in [1.82, 2.24) is 9.99 Å². The second-order valence-electron chi connectivity index (χ2n) is 4.65. The molecular formula is C15H17N3O. The molecule has 0 saturated carbocycles. The highest BCUT2D eigenvalue weighted by atomic mass is 16.5. The zero-order valence-electron chi connectivity index (χ0n) is 11.0. The van der Waals surface area contributed by atoms with Crippen LogP contribution >= 0.6 is 0 Å². The van der Waals surface area contributed by atoms with E-state index >= 15 is 0 Å². The Balaban J connectivity index is 1.72. The summed E-state index contributed by atoms with van der Waals surface area (Å²) >= 11 is 0. The van der Waals surface area contributed by atoms with Crippen LogP contribution in [0.4, 0.5) is 5.69 Å². The predicted molar refractivity (Wildman–Crippen MR) is 75.0 cm³/mol. The van der Waals surface area contributed by atoms with Crippen LogP contribution in [0.15, 0.2) is 42.7 Å². The number of methoxy groups -OCH3 is 1. The second-order valence-corrected chi connectivity index (χ2v) is 4.65. The van der Waals surface area contributed by atoms with Crippen LogP contribution in [-0.4, -0.2) is 23.6 Å². The molecule has 2 heterocycles. The Labute approximate surface area is 113 Å². The summed E-state index contributed by atoms with van der Waals surface area (Å²) in [5, 5.41) is 2.23. The predicted octanol–water partition coefficient (Wildman–Crippen LogP) is 2.48. The summed E-state index contributed by atoms with van der Waals surface area (Å²) in [7, 11) is 1.71. The molecule has 1 aromatic carbocycles. The Morgan fingerprint density at radius 3 is 2.79 bits per heavy atom. The summed E-state index contributed by atoms with van der Waals surface area (Å²) in [5.41, 5.74) is 7.23. The van der Waals surface area contributed by atoms with Crippen molar-refractivity contribution in [3.63, 3.8) is 0 Å². The number of fused-ring (bicyclic) bond motifs is 1. The molecule has 3 rings (SSSR count). The Hall–Kier alpha value is -2.07. The molecule has 4 heteroatoms. The minimum Gasteiger partial charge on any atom is -0.497 e. The minimum atomic E-state index is 0.904. The lowest BCUT2D eigenvalue weighted by Crippen LogP contribution is -2.35. The first-order valence-electron chi connectivity index (χ1n) is 6.42. The van der Waals surface area contributed by atoms with Gasteiger partial charge in [0.1, 0.15) is 5.75 Å². The lowest BCUT2D eigenvalue weighted by atomic mass is 10.0. The maximum Gasteiger partial charge on any atom is 0.119 e. The van der Waals surface area contributed by atoms with Gasteiger partial charge in [-0.3, -0.25) is 4.98 Å². The number of aromatic nitrogens is 1. The van der Waals surface area contributed by atoms with Crippen LogP contribution in [0.25, 0.3) is 0 Å². The van der Waals surface area contributed by atoms with Gasteiger partial charge in [0.05, 0.1) is 12.8 Å². The lowest BCUT2D eigenvalue weighted by Gasteiger charge is -2.30. The van der Waals surface area contributed by atoms with Gasteiger partial charge in [-0.1, -0.05) is 6.07 Å². The van der Waals surface area contributed by atoms with Crippen LogP contribution in [0, 0.1) is 0 Å². The van der Waals surface area contributed by atoms with E-state index in [0.29, 0.717) is 0 Å². The monoisotopic (exact) mass is 255 g/mol. The van der Waals surface area contributed by atoms with Crippen LogP contribution in [0.2, 0.25) is 0 Å². The molecule has 98 valence electrons. The van der Waals surface area contributed by atoms with E-state index in [1.807, 2.05) is 18.2 Å². The molecule has 0 unspecified atom stereocenters. The summed E-state index contributed by atoms with van der Waals surface area (Å²) in [5.74, 6) is 0.939. The number of anilines is 1. The zero-order chi connectivity index (χ0) is 13.1. The standard InChI is InChI=1S/C15H17N3O/c1-19-15-3-2-13-11-18(9-6-12(13)10-15)17-14-4-7-16-8-5-14/h2-5,7-8,10H,6,9,11H2,1H3,(H,16,17). The summed E-state index contributed by atoms with van der Waals surface area (Å²) < 4.78 is 5.27. The highest BCUT2D eigenvalue weighted by molar-refractivity contribution is 5.41. The first kappa shape index (κ1) is 12.0. The van der Waals surface area contributed by atoms with Crippen LogP contribution in [0.5, 0.6) is 5.75 Å². The third-order valence-electron chi connectivity index (χ3n) is 3.39. The fourth-order valence-electron chi connectivity index (χ4n) is 2.36. The van der Waals surface area contributed by atoms with E-state index in [4.69, 9.17) is 4.74 Å². The number of hydrogen-bond acceptors (Lipinski definition) is 4. The number of hydrogen-bond donors (Lipinski definition) is 1. The average Bonchev–Trinajstić information content (AvgIpc) is 2.48. The van der Waals surface area contributed by atoms with E-state index in [-0.39, 0.29) is 0 Å². The Morgan fingerprint density at radius 2 is 2.00 bits per heavy atom. The van der Waals surface area contributed by atoms with Crippen molar-refractivity contribution < 1.29 is 4.74 Å².